The van der Waals surface area contributed by atoms with Crippen LogP contribution in [0.5, 0.6) is 0 Å². The molecule has 148 valence electrons. The molecule has 0 aliphatic heterocycles. The molecule has 5 N–H and O–H groups in total. The molecule has 0 aromatic carbocycles. The minimum absolute atomic E-state index is 0.512. The average Bonchev–Trinajstić information content (AvgIpc) is 2.64. The van der Waals surface area contributed by atoms with Gasteiger partial charge in [0.05, 0.1) is 0 Å². The van der Waals surface area contributed by atoms with Crippen LogP contribution in [0.3, 0.4) is 0 Å². The Bertz CT molecular complexity index is 715. The molecule has 0 unspecified atom stereocenters. The average molecular weight is 411 g/mol. The third-order valence-corrected chi connectivity index (χ3v) is 4.47. The van der Waals surface area contributed by atoms with Gasteiger partial charge in [-0.2, -0.15) is 24.9 Å². The summed E-state index contributed by atoms with van der Waals surface area (Å²) in [6, 6.07) is 0. The first-order chi connectivity index (χ1) is 13.1. The minimum Gasteiger partial charge on any atom is -0.353 e. The van der Waals surface area contributed by atoms with E-state index in [9.17, 15) is 0 Å². The fourth-order valence-electron chi connectivity index (χ4n) is 1.97. The molecule has 0 saturated heterocycles. The zero-order chi connectivity index (χ0) is 19.5. The molecule has 0 saturated carbocycles. The maximum absolute atomic E-state index is 5.52. The van der Waals surface area contributed by atoms with Gasteiger partial charge in [0.2, 0.25) is 17.8 Å². The lowest BCUT2D eigenvalue weighted by Crippen LogP contribution is -2.19. The Hall–Kier alpha value is -1.92. The Morgan fingerprint density at radius 2 is 1.19 bits per heavy atom. The van der Waals surface area contributed by atoms with Gasteiger partial charge in [-0.3, -0.25) is 0 Å². The zero-order valence-electron chi connectivity index (χ0n) is 15.8. The molecule has 2 aromatic heterocycles. The van der Waals surface area contributed by atoms with Crippen LogP contribution in [0, 0.1) is 6.92 Å². The van der Waals surface area contributed by atoms with Gasteiger partial charge >= 0.3 is 0 Å². The summed E-state index contributed by atoms with van der Waals surface area (Å²) < 4.78 is 0. The fraction of sp³-hybridized carbons (Fsp3) is 0.600. The van der Waals surface area contributed by atoms with Crippen LogP contribution in [0.25, 0.3) is 0 Å². The van der Waals surface area contributed by atoms with Crippen LogP contribution in [0.4, 0.5) is 17.8 Å². The number of aromatic nitrogens is 6. The molecule has 0 aliphatic rings. The normalized spacial score (nSPS) is 10.7. The summed E-state index contributed by atoms with van der Waals surface area (Å²) in [6.07, 6.45) is 0. The molecule has 0 fully saturated rings. The van der Waals surface area contributed by atoms with E-state index in [1.807, 2.05) is 6.92 Å². The summed E-state index contributed by atoms with van der Waals surface area (Å²) in [4.78, 5) is 26.1. The highest BCUT2D eigenvalue weighted by atomic mass is 32.2. The number of rotatable bonds is 12. The Labute approximate surface area is 167 Å². The molecule has 0 spiro atoms. The molecule has 2 heterocycles. The quantitative estimate of drug-likeness (QED) is 0.297. The smallest absolute Gasteiger partial charge is 0.228 e. The number of aryl methyl sites for hydroxylation is 1. The van der Waals surface area contributed by atoms with Crippen LogP contribution >= 0.6 is 23.5 Å². The fourth-order valence-corrected chi connectivity index (χ4v) is 3.14. The second kappa shape index (κ2) is 11.7. The Kier molecular flexibility index (Phi) is 9.28. The van der Waals surface area contributed by atoms with Crippen LogP contribution in [0.1, 0.15) is 19.7 Å². The maximum Gasteiger partial charge on any atom is 0.228 e. The Balaban J connectivity index is 1.91. The van der Waals surface area contributed by atoms with E-state index in [1.165, 1.54) is 0 Å². The third-order valence-electron chi connectivity index (χ3n) is 3.01. The van der Waals surface area contributed by atoms with Gasteiger partial charge in [0.25, 0.3) is 0 Å². The topological polar surface area (TPSA) is 139 Å². The number of nitrogens with zero attached hydrogens (tertiary/aromatic N) is 6. The number of nitrogens with one attached hydrogen (secondary N) is 3. The number of thioether (sulfide) groups is 2. The van der Waals surface area contributed by atoms with Gasteiger partial charge in [0.15, 0.2) is 10.3 Å². The lowest BCUT2D eigenvalue weighted by atomic mass is 10.6. The van der Waals surface area contributed by atoms with Gasteiger partial charge < -0.3 is 21.7 Å². The lowest BCUT2D eigenvalue weighted by molar-refractivity contribution is 0.848. The summed E-state index contributed by atoms with van der Waals surface area (Å²) >= 11 is 3.15. The lowest BCUT2D eigenvalue weighted by Gasteiger charge is -2.10. The van der Waals surface area contributed by atoms with Crippen molar-refractivity contribution in [1.82, 2.24) is 29.9 Å². The number of nitrogens with two attached hydrogens (primary N) is 1. The molecule has 0 radical (unpaired) electrons. The van der Waals surface area contributed by atoms with Crippen molar-refractivity contribution in [3.8, 4) is 0 Å². The van der Waals surface area contributed by atoms with Crippen molar-refractivity contribution in [2.24, 2.45) is 5.73 Å². The Morgan fingerprint density at radius 3 is 1.70 bits per heavy atom. The van der Waals surface area contributed by atoms with Gasteiger partial charge in [-0.1, -0.05) is 37.4 Å². The number of hydrogen-bond donors (Lipinski definition) is 4. The molecule has 27 heavy (non-hydrogen) atoms. The first-order valence-electron chi connectivity index (χ1n) is 8.80. The molecule has 0 amide bonds. The van der Waals surface area contributed by atoms with Crippen LogP contribution < -0.4 is 21.7 Å². The highest BCUT2D eigenvalue weighted by Crippen LogP contribution is 2.16. The van der Waals surface area contributed by atoms with Crippen molar-refractivity contribution in [2.45, 2.75) is 31.1 Å². The highest BCUT2D eigenvalue weighted by molar-refractivity contribution is 7.99. The zero-order valence-corrected chi connectivity index (χ0v) is 17.5. The monoisotopic (exact) mass is 410 g/mol. The van der Waals surface area contributed by atoms with Crippen molar-refractivity contribution < 1.29 is 0 Å². The molecule has 0 aliphatic carbocycles. The van der Waals surface area contributed by atoms with Crippen molar-refractivity contribution >= 4 is 41.4 Å². The summed E-state index contributed by atoms with van der Waals surface area (Å²) in [5, 5.41) is 10.9. The van der Waals surface area contributed by atoms with Crippen molar-refractivity contribution in [1.29, 1.82) is 0 Å². The Morgan fingerprint density at radius 1 is 0.704 bits per heavy atom. The first kappa shape index (κ1) is 21.4. The maximum atomic E-state index is 5.52. The molecule has 10 nitrogen and oxygen atoms in total. The summed E-state index contributed by atoms with van der Waals surface area (Å²) in [5.41, 5.74) is 5.52. The van der Waals surface area contributed by atoms with Crippen LogP contribution in [0.2, 0.25) is 0 Å². The summed E-state index contributed by atoms with van der Waals surface area (Å²) in [7, 11) is 0. The first-order valence-corrected chi connectivity index (χ1v) is 10.8. The van der Waals surface area contributed by atoms with Crippen LogP contribution in [-0.2, 0) is 0 Å². The predicted octanol–water partition coefficient (Wildman–Crippen LogP) is 1.48. The van der Waals surface area contributed by atoms with Gasteiger partial charge in [0.1, 0.15) is 5.82 Å². The van der Waals surface area contributed by atoms with Crippen LogP contribution in [0.15, 0.2) is 10.3 Å². The van der Waals surface area contributed by atoms with E-state index in [-0.39, 0.29) is 0 Å². The minimum atomic E-state index is 0.512. The standard InChI is InChI=1S/C15H26N10S2/c1-4-26-14-21-10(3)20-11(23-14)18-8-9-19-13-22-12(17-7-6-16)24-15(25-13)27-5-2/h4-9,16H2,1-3H3,(H,18,20,21,23)(H2,17,19,22,24,25). The number of hydrogen-bond acceptors (Lipinski definition) is 12. The van der Waals surface area contributed by atoms with E-state index < -0.39 is 0 Å². The SMILES string of the molecule is CCSc1nc(C)nc(NCCNc2nc(NCCN)nc(SCC)n2)n1. The molecule has 2 rings (SSSR count). The largest absolute Gasteiger partial charge is 0.353 e. The second-order valence-corrected chi connectivity index (χ2v) is 7.65. The molecule has 0 bridgehead atoms. The summed E-state index contributed by atoms with van der Waals surface area (Å²) in [5.74, 6) is 4.13. The number of anilines is 3. The van der Waals surface area contributed by atoms with Crippen molar-refractivity contribution in [2.75, 3.05) is 53.6 Å². The van der Waals surface area contributed by atoms with E-state index in [1.54, 1.807) is 23.5 Å². The van der Waals surface area contributed by atoms with Gasteiger partial charge in [-0.15, -0.1) is 0 Å². The predicted molar refractivity (Wildman–Crippen MR) is 112 cm³/mol. The van der Waals surface area contributed by atoms with E-state index in [0.29, 0.717) is 55.0 Å². The van der Waals surface area contributed by atoms with Gasteiger partial charge in [-0.05, 0) is 18.4 Å². The van der Waals surface area contributed by atoms with Crippen molar-refractivity contribution in [3.05, 3.63) is 5.82 Å². The van der Waals surface area contributed by atoms with E-state index >= 15 is 0 Å². The van der Waals surface area contributed by atoms with Gasteiger partial charge in [0, 0.05) is 26.2 Å². The summed E-state index contributed by atoms with van der Waals surface area (Å²) in [6.45, 7) is 8.33. The van der Waals surface area contributed by atoms with E-state index in [2.05, 4.69) is 59.7 Å². The molecule has 12 heteroatoms. The van der Waals surface area contributed by atoms with Gasteiger partial charge in [-0.25, -0.2) is 4.98 Å². The molecular weight excluding hydrogens is 384 g/mol. The third kappa shape index (κ3) is 7.69. The highest BCUT2D eigenvalue weighted by Gasteiger charge is 2.07. The molecule has 2 aromatic rings. The molecule has 0 atom stereocenters. The van der Waals surface area contributed by atoms with E-state index in [4.69, 9.17) is 5.73 Å². The van der Waals surface area contributed by atoms with Crippen LogP contribution in [-0.4, -0.2) is 67.6 Å². The second-order valence-electron chi connectivity index (χ2n) is 5.19. The van der Waals surface area contributed by atoms with E-state index in [0.717, 1.165) is 16.7 Å². The molecular formula is C15H26N10S2. The van der Waals surface area contributed by atoms with Crippen molar-refractivity contribution in [3.63, 3.8) is 0 Å².